The van der Waals surface area contributed by atoms with E-state index in [1.807, 2.05) is 0 Å². The molecule has 1 aromatic carbocycles. The number of rotatable bonds is 3. The van der Waals surface area contributed by atoms with E-state index >= 15 is 0 Å². The van der Waals surface area contributed by atoms with Gasteiger partial charge in [-0.2, -0.15) is 9.98 Å². The molecule has 108 valence electrons. The Kier molecular flexibility index (Phi) is 4.41. The molecule has 1 fully saturated rings. The number of nitrogens with one attached hydrogen (secondary N) is 1. The van der Waals surface area contributed by atoms with Crippen LogP contribution in [0.2, 0.25) is 0 Å². The fourth-order valence-corrected chi connectivity index (χ4v) is 4.00. The molecule has 20 heavy (non-hydrogen) atoms. The number of hydrogen-bond acceptors (Lipinski definition) is 3. The van der Waals surface area contributed by atoms with Gasteiger partial charge in [0.05, 0.1) is 6.07 Å². The van der Waals surface area contributed by atoms with Crippen LogP contribution in [0.1, 0.15) is 38.5 Å². The van der Waals surface area contributed by atoms with Crippen molar-refractivity contribution in [3.8, 4) is 6.07 Å². The van der Waals surface area contributed by atoms with E-state index in [0.29, 0.717) is 12.8 Å². The van der Waals surface area contributed by atoms with E-state index in [-0.39, 0.29) is 0 Å². The quantitative estimate of drug-likeness (QED) is 0.872. The van der Waals surface area contributed by atoms with E-state index in [4.69, 9.17) is 0 Å². The zero-order valence-electron chi connectivity index (χ0n) is 11.1. The van der Waals surface area contributed by atoms with Crippen molar-refractivity contribution in [1.29, 1.82) is 5.26 Å². The standard InChI is InChI=1S/C14H17FN2O2S/c15-12-7-3-4-8-13(12)20(18,19)17-14(11-16)9-5-1-2-6-10-14/h3-4,7-8,17H,1-2,5-6,9-10H2. The molecule has 4 nitrogen and oxygen atoms in total. The second kappa shape index (κ2) is 5.90. The van der Waals surface area contributed by atoms with E-state index in [1.54, 1.807) is 0 Å². The lowest BCUT2D eigenvalue weighted by molar-refractivity contribution is 0.420. The minimum absolute atomic E-state index is 0.404. The third-order valence-electron chi connectivity index (χ3n) is 3.63. The molecule has 0 aromatic heterocycles. The van der Waals surface area contributed by atoms with Gasteiger partial charge in [-0.15, -0.1) is 0 Å². The van der Waals surface area contributed by atoms with Crippen molar-refractivity contribution >= 4 is 10.0 Å². The van der Waals surface area contributed by atoms with Crippen LogP contribution in [0.25, 0.3) is 0 Å². The summed E-state index contributed by atoms with van der Waals surface area (Å²) < 4.78 is 40.7. The molecular weight excluding hydrogens is 279 g/mol. The Bertz CT molecular complexity index is 614. The summed E-state index contributed by atoms with van der Waals surface area (Å²) in [4.78, 5) is -0.404. The Morgan fingerprint density at radius 2 is 1.75 bits per heavy atom. The number of halogens is 1. The van der Waals surface area contributed by atoms with Crippen LogP contribution in [0.5, 0.6) is 0 Å². The molecule has 1 aromatic rings. The van der Waals surface area contributed by atoms with Crippen molar-refractivity contribution in [2.24, 2.45) is 0 Å². The lowest BCUT2D eigenvalue weighted by Crippen LogP contribution is -2.47. The van der Waals surface area contributed by atoms with Gasteiger partial charge in [0.25, 0.3) is 0 Å². The second-order valence-corrected chi connectivity index (χ2v) is 6.79. The van der Waals surface area contributed by atoms with Crippen LogP contribution >= 0.6 is 0 Å². The highest BCUT2D eigenvalue weighted by Gasteiger charge is 2.36. The summed E-state index contributed by atoms with van der Waals surface area (Å²) in [6.45, 7) is 0. The van der Waals surface area contributed by atoms with Gasteiger partial charge >= 0.3 is 0 Å². The van der Waals surface area contributed by atoms with Crippen LogP contribution in [0.4, 0.5) is 4.39 Å². The molecule has 0 atom stereocenters. The molecule has 0 amide bonds. The molecular formula is C14H17FN2O2S. The Labute approximate surface area is 118 Å². The van der Waals surface area contributed by atoms with E-state index in [1.165, 1.54) is 18.2 Å². The summed E-state index contributed by atoms with van der Waals surface area (Å²) in [6, 6.07) is 7.29. The van der Waals surface area contributed by atoms with Gasteiger partial charge in [-0.3, -0.25) is 0 Å². The Hall–Kier alpha value is -1.45. The molecule has 1 saturated carbocycles. The maximum absolute atomic E-state index is 13.6. The Morgan fingerprint density at radius 3 is 2.30 bits per heavy atom. The molecule has 1 aliphatic carbocycles. The highest BCUT2D eigenvalue weighted by atomic mass is 32.2. The first-order chi connectivity index (χ1) is 9.49. The molecule has 0 bridgehead atoms. The van der Waals surface area contributed by atoms with Gasteiger partial charge in [0.2, 0.25) is 10.0 Å². The summed E-state index contributed by atoms with van der Waals surface area (Å²) in [5, 5.41) is 9.38. The first-order valence-electron chi connectivity index (χ1n) is 6.69. The summed E-state index contributed by atoms with van der Waals surface area (Å²) >= 11 is 0. The minimum Gasteiger partial charge on any atom is -0.207 e. The lowest BCUT2D eigenvalue weighted by Gasteiger charge is -2.26. The summed E-state index contributed by atoms with van der Waals surface area (Å²) in [7, 11) is -4.02. The summed E-state index contributed by atoms with van der Waals surface area (Å²) in [6.07, 6.45) is 4.52. The predicted octanol–water partition coefficient (Wildman–Crippen LogP) is 2.72. The molecule has 0 radical (unpaired) electrons. The number of nitriles is 1. The van der Waals surface area contributed by atoms with E-state index in [2.05, 4.69) is 10.8 Å². The average Bonchev–Trinajstić information content (AvgIpc) is 2.64. The van der Waals surface area contributed by atoms with Crippen molar-refractivity contribution in [3.05, 3.63) is 30.1 Å². The summed E-state index contributed by atoms with van der Waals surface area (Å²) in [5.74, 6) is -0.804. The SMILES string of the molecule is N#CC1(NS(=O)(=O)c2ccccc2F)CCCCCC1. The van der Waals surface area contributed by atoms with Crippen molar-refractivity contribution in [2.45, 2.75) is 49.0 Å². The molecule has 0 unspecified atom stereocenters. The molecule has 6 heteroatoms. The van der Waals surface area contributed by atoms with Crippen LogP contribution in [0, 0.1) is 17.1 Å². The maximum Gasteiger partial charge on any atom is 0.244 e. The molecule has 0 heterocycles. The average molecular weight is 296 g/mol. The Morgan fingerprint density at radius 1 is 1.15 bits per heavy atom. The zero-order valence-corrected chi connectivity index (χ0v) is 11.9. The smallest absolute Gasteiger partial charge is 0.207 e. The van der Waals surface area contributed by atoms with Crippen LogP contribution in [-0.4, -0.2) is 14.0 Å². The molecule has 1 aliphatic rings. The number of nitrogens with zero attached hydrogens (tertiary/aromatic N) is 1. The summed E-state index contributed by atoms with van der Waals surface area (Å²) in [5.41, 5.74) is -1.11. The molecule has 0 aliphatic heterocycles. The second-order valence-electron chi connectivity index (χ2n) is 5.14. The van der Waals surface area contributed by atoms with Gasteiger partial charge in [-0.1, -0.05) is 37.8 Å². The van der Waals surface area contributed by atoms with Gasteiger partial charge in [0.15, 0.2) is 0 Å². The molecule has 0 saturated heterocycles. The number of hydrogen-bond donors (Lipinski definition) is 1. The Balaban J connectivity index is 2.31. The predicted molar refractivity (Wildman–Crippen MR) is 72.8 cm³/mol. The van der Waals surface area contributed by atoms with E-state index in [9.17, 15) is 18.1 Å². The van der Waals surface area contributed by atoms with Crippen LogP contribution in [0.15, 0.2) is 29.2 Å². The van der Waals surface area contributed by atoms with Crippen molar-refractivity contribution in [1.82, 2.24) is 4.72 Å². The fraction of sp³-hybridized carbons (Fsp3) is 0.500. The van der Waals surface area contributed by atoms with Gasteiger partial charge in [0, 0.05) is 0 Å². The van der Waals surface area contributed by atoms with E-state index in [0.717, 1.165) is 31.7 Å². The maximum atomic E-state index is 13.6. The third kappa shape index (κ3) is 3.17. The lowest BCUT2D eigenvalue weighted by atomic mass is 9.94. The number of sulfonamides is 1. The topological polar surface area (TPSA) is 70.0 Å². The monoisotopic (exact) mass is 296 g/mol. The molecule has 0 spiro atoms. The van der Waals surface area contributed by atoms with Gasteiger partial charge in [0.1, 0.15) is 16.3 Å². The normalized spacial score (nSPS) is 19.0. The highest BCUT2D eigenvalue weighted by molar-refractivity contribution is 7.89. The largest absolute Gasteiger partial charge is 0.244 e. The molecule has 2 rings (SSSR count). The minimum atomic E-state index is -4.02. The first-order valence-corrected chi connectivity index (χ1v) is 8.17. The molecule has 1 N–H and O–H groups in total. The van der Waals surface area contributed by atoms with Crippen molar-refractivity contribution in [3.63, 3.8) is 0 Å². The van der Waals surface area contributed by atoms with Crippen molar-refractivity contribution < 1.29 is 12.8 Å². The number of benzene rings is 1. The van der Waals surface area contributed by atoms with Gasteiger partial charge in [-0.25, -0.2) is 12.8 Å². The fourth-order valence-electron chi connectivity index (χ4n) is 2.54. The van der Waals surface area contributed by atoms with Crippen LogP contribution in [-0.2, 0) is 10.0 Å². The third-order valence-corrected chi connectivity index (χ3v) is 5.20. The van der Waals surface area contributed by atoms with Crippen LogP contribution in [0.3, 0.4) is 0 Å². The van der Waals surface area contributed by atoms with Crippen LogP contribution < -0.4 is 4.72 Å². The van der Waals surface area contributed by atoms with E-state index < -0.39 is 26.3 Å². The highest BCUT2D eigenvalue weighted by Crippen LogP contribution is 2.28. The van der Waals surface area contributed by atoms with Gasteiger partial charge in [-0.05, 0) is 25.0 Å². The van der Waals surface area contributed by atoms with Gasteiger partial charge < -0.3 is 0 Å². The van der Waals surface area contributed by atoms with Crippen molar-refractivity contribution in [2.75, 3.05) is 0 Å². The first kappa shape index (κ1) is 14.9. The zero-order chi connectivity index (χ0) is 14.6.